The molecule has 1 aliphatic heterocycles. The van der Waals surface area contributed by atoms with Crippen LogP contribution in [0, 0.1) is 5.82 Å². The summed E-state index contributed by atoms with van der Waals surface area (Å²) in [6.45, 7) is 3.00. The van der Waals surface area contributed by atoms with Crippen molar-refractivity contribution in [3.8, 4) is 11.1 Å². The summed E-state index contributed by atoms with van der Waals surface area (Å²) in [5.41, 5.74) is 5.31. The van der Waals surface area contributed by atoms with Crippen molar-refractivity contribution in [2.75, 3.05) is 33.7 Å². The Bertz CT molecular complexity index is 1180. The highest BCUT2D eigenvalue weighted by Crippen LogP contribution is 2.29. The Kier molecular flexibility index (Phi) is 8.63. The van der Waals surface area contributed by atoms with Crippen molar-refractivity contribution in [2.45, 2.75) is 37.8 Å². The van der Waals surface area contributed by atoms with Crippen LogP contribution in [0.15, 0.2) is 36.4 Å². The van der Waals surface area contributed by atoms with Gasteiger partial charge in [0.25, 0.3) is 5.91 Å². The molecule has 9 nitrogen and oxygen atoms in total. The number of nitrogens with one attached hydrogen (secondary N) is 1. The average Bonchev–Trinajstić information content (AvgIpc) is 3.02. The highest BCUT2D eigenvalue weighted by molar-refractivity contribution is 7.92. The molecule has 0 aliphatic carbocycles. The van der Waals surface area contributed by atoms with E-state index in [0.29, 0.717) is 25.3 Å². The molecule has 1 aliphatic rings. The lowest BCUT2D eigenvalue weighted by Gasteiger charge is -2.28. The zero-order chi connectivity index (χ0) is 25.8. The van der Waals surface area contributed by atoms with Crippen LogP contribution in [0.5, 0.6) is 0 Å². The molecule has 1 heterocycles. The molecule has 0 fully saturated rings. The number of carbonyl (C=O) groups is 1. The van der Waals surface area contributed by atoms with E-state index in [1.165, 1.54) is 18.5 Å². The summed E-state index contributed by atoms with van der Waals surface area (Å²) in [6, 6.07) is 10.7. The number of sulfone groups is 1. The van der Waals surface area contributed by atoms with E-state index in [2.05, 4.69) is 0 Å². The van der Waals surface area contributed by atoms with Gasteiger partial charge >= 0.3 is 0 Å². The first-order chi connectivity index (χ1) is 16.5. The zero-order valence-electron chi connectivity index (χ0n) is 20.4. The van der Waals surface area contributed by atoms with Crippen LogP contribution in [0.4, 0.5) is 4.39 Å². The molecule has 3 rings (SSSR count). The van der Waals surface area contributed by atoms with Crippen LogP contribution in [-0.2, 0) is 43.9 Å². The Morgan fingerprint density at radius 2 is 2.03 bits per heavy atom. The first kappa shape index (κ1) is 27.2. The van der Waals surface area contributed by atoms with E-state index in [0.717, 1.165) is 28.5 Å². The van der Waals surface area contributed by atoms with Crippen LogP contribution in [0.1, 0.15) is 30.0 Å². The van der Waals surface area contributed by atoms with E-state index in [1.54, 1.807) is 25.3 Å². The molecule has 192 valence electrons. The smallest absolute Gasteiger partial charge is 0.264 e. The van der Waals surface area contributed by atoms with E-state index < -0.39 is 20.5 Å². The van der Waals surface area contributed by atoms with Crippen LogP contribution >= 0.6 is 0 Å². The molecule has 0 saturated carbocycles. The SMILES string of the molecule is CON(C)Cc1ccc(-c2ccc3c(c2)CN(CC[C@](C)(C(=O)NO)S(C)(=O)=O)COC3)c(F)c1. The monoisotopic (exact) mass is 509 g/mol. The molecular formula is C24H32FN3O6S. The number of carbonyl (C=O) groups excluding carboxylic acids is 1. The van der Waals surface area contributed by atoms with Gasteiger partial charge in [0.15, 0.2) is 14.6 Å². The third-order valence-electron chi connectivity index (χ3n) is 6.50. The largest absolute Gasteiger partial charge is 0.361 e. The molecule has 2 aromatic carbocycles. The lowest BCUT2D eigenvalue weighted by atomic mass is 9.97. The number of amides is 1. The molecule has 1 atom stereocenters. The van der Waals surface area contributed by atoms with Crippen LogP contribution in [0.25, 0.3) is 11.1 Å². The number of hydroxylamine groups is 3. The number of halogens is 1. The second-order valence-corrected chi connectivity index (χ2v) is 11.4. The van der Waals surface area contributed by atoms with E-state index in [4.69, 9.17) is 14.8 Å². The van der Waals surface area contributed by atoms with Gasteiger partial charge in [0, 0.05) is 38.5 Å². The van der Waals surface area contributed by atoms with Gasteiger partial charge in [0.2, 0.25) is 0 Å². The van der Waals surface area contributed by atoms with Gasteiger partial charge in [0.1, 0.15) is 5.82 Å². The van der Waals surface area contributed by atoms with Crippen molar-refractivity contribution >= 4 is 15.7 Å². The topological polar surface area (TPSA) is 108 Å². The molecule has 0 radical (unpaired) electrons. The standard InChI is InChI=1S/C24H32FN3O6S/c1-24(23(29)26-30,35(4,31)32)9-10-28-14-20-12-18(6-7-19(20)15-34-16-28)21-8-5-17(11-22(21)25)13-27(2)33-3/h5-8,11-12,30H,9-10,13-16H2,1-4H3,(H,26,29)/t24-/m1/s1. The van der Waals surface area contributed by atoms with Crippen molar-refractivity contribution in [3.05, 3.63) is 58.9 Å². The summed E-state index contributed by atoms with van der Waals surface area (Å²) < 4.78 is 43.4. The van der Waals surface area contributed by atoms with Crippen molar-refractivity contribution in [3.63, 3.8) is 0 Å². The van der Waals surface area contributed by atoms with E-state index in [9.17, 15) is 17.6 Å². The maximum absolute atomic E-state index is 14.9. The number of ether oxygens (including phenoxy) is 1. The summed E-state index contributed by atoms with van der Waals surface area (Å²) in [5, 5.41) is 10.6. The van der Waals surface area contributed by atoms with E-state index in [1.807, 2.05) is 29.2 Å². The normalized spacial score (nSPS) is 16.4. The minimum Gasteiger partial charge on any atom is -0.361 e. The predicted molar refractivity (Wildman–Crippen MR) is 128 cm³/mol. The second kappa shape index (κ2) is 11.1. The number of rotatable bonds is 9. The molecular weight excluding hydrogens is 477 g/mol. The molecule has 1 amide bonds. The number of fused-ring (bicyclic) bond motifs is 1. The average molecular weight is 510 g/mol. The Hall–Kier alpha value is -2.41. The molecule has 11 heteroatoms. The van der Waals surface area contributed by atoms with Gasteiger partial charge in [-0.15, -0.1) is 0 Å². The van der Waals surface area contributed by atoms with Gasteiger partial charge in [-0.3, -0.25) is 14.9 Å². The first-order valence-corrected chi connectivity index (χ1v) is 13.0. The molecule has 2 aromatic rings. The summed E-state index contributed by atoms with van der Waals surface area (Å²) in [5.74, 6) is -1.32. The van der Waals surface area contributed by atoms with Gasteiger partial charge in [-0.05, 0) is 47.7 Å². The Morgan fingerprint density at radius 1 is 1.29 bits per heavy atom. The lowest BCUT2D eigenvalue weighted by molar-refractivity contribution is -0.131. The van der Waals surface area contributed by atoms with Crippen molar-refractivity contribution < 1.29 is 32.4 Å². The predicted octanol–water partition coefficient (Wildman–Crippen LogP) is 2.47. The van der Waals surface area contributed by atoms with Gasteiger partial charge < -0.3 is 9.57 Å². The van der Waals surface area contributed by atoms with E-state index in [-0.39, 0.29) is 25.5 Å². The lowest BCUT2D eigenvalue weighted by Crippen LogP contribution is -2.50. The number of hydrogen-bond donors (Lipinski definition) is 2. The molecule has 2 N–H and O–H groups in total. The third-order valence-corrected chi connectivity index (χ3v) is 8.52. The maximum atomic E-state index is 14.9. The Labute approximate surface area is 205 Å². The Morgan fingerprint density at radius 3 is 2.66 bits per heavy atom. The maximum Gasteiger partial charge on any atom is 0.264 e. The van der Waals surface area contributed by atoms with Crippen LogP contribution in [-0.4, -0.2) is 67.9 Å². The van der Waals surface area contributed by atoms with E-state index >= 15 is 0 Å². The fourth-order valence-electron chi connectivity index (χ4n) is 3.97. The molecule has 0 saturated heterocycles. The highest BCUT2D eigenvalue weighted by atomic mass is 32.2. The summed E-state index contributed by atoms with van der Waals surface area (Å²) in [6.07, 6.45) is 0.929. The summed E-state index contributed by atoms with van der Waals surface area (Å²) >= 11 is 0. The molecule has 0 spiro atoms. The molecule has 0 aromatic heterocycles. The molecule has 35 heavy (non-hydrogen) atoms. The zero-order valence-corrected chi connectivity index (χ0v) is 21.2. The van der Waals surface area contributed by atoms with Crippen LogP contribution < -0.4 is 5.48 Å². The number of nitrogens with zero attached hydrogens (tertiary/aromatic N) is 2. The summed E-state index contributed by atoms with van der Waals surface area (Å²) in [4.78, 5) is 19.1. The van der Waals surface area contributed by atoms with Gasteiger partial charge in [0.05, 0.1) is 20.4 Å². The second-order valence-electron chi connectivity index (χ2n) is 8.99. The van der Waals surface area contributed by atoms with Gasteiger partial charge in [-0.25, -0.2) is 18.3 Å². The minimum atomic E-state index is -3.80. The summed E-state index contributed by atoms with van der Waals surface area (Å²) in [7, 11) is -0.482. The third kappa shape index (κ3) is 6.24. The van der Waals surface area contributed by atoms with Crippen molar-refractivity contribution in [1.82, 2.24) is 15.4 Å². The number of hydrogen-bond acceptors (Lipinski definition) is 8. The molecule has 0 unspecified atom stereocenters. The quantitative estimate of drug-likeness (QED) is 0.392. The van der Waals surface area contributed by atoms with Crippen molar-refractivity contribution in [2.24, 2.45) is 0 Å². The fourth-order valence-corrected chi connectivity index (χ4v) is 4.81. The van der Waals surface area contributed by atoms with Gasteiger partial charge in [-0.1, -0.05) is 24.3 Å². The minimum absolute atomic E-state index is 0.0391. The highest BCUT2D eigenvalue weighted by Gasteiger charge is 2.43. The first-order valence-electron chi connectivity index (χ1n) is 11.1. The van der Waals surface area contributed by atoms with Gasteiger partial charge in [-0.2, -0.15) is 5.06 Å². The molecule has 0 bridgehead atoms. The van der Waals surface area contributed by atoms with Crippen LogP contribution in [0.2, 0.25) is 0 Å². The fraction of sp³-hybridized carbons (Fsp3) is 0.458. The Balaban J connectivity index is 1.81. The number of benzene rings is 2. The van der Waals surface area contributed by atoms with Crippen molar-refractivity contribution in [1.29, 1.82) is 0 Å². The van der Waals surface area contributed by atoms with Crippen LogP contribution in [0.3, 0.4) is 0 Å².